The molecule has 0 spiro atoms. The first-order valence-corrected chi connectivity index (χ1v) is 8.65. The zero-order chi connectivity index (χ0) is 17.9. The summed E-state index contributed by atoms with van der Waals surface area (Å²) < 4.78 is 5.42. The summed E-state index contributed by atoms with van der Waals surface area (Å²) in [5.41, 5.74) is 2.65. The number of anilines is 1. The Morgan fingerprint density at radius 3 is 2.73 bits per heavy atom. The fourth-order valence-electron chi connectivity index (χ4n) is 2.34. The number of hydrogen-bond donors (Lipinski definition) is 1. The number of amides is 1. The normalized spacial score (nSPS) is 10.7. The number of aryl methyl sites for hydroxylation is 1. The molecule has 0 aliphatic carbocycles. The largest absolute Gasteiger partial charge is 0.421 e. The number of benzene rings is 1. The van der Waals surface area contributed by atoms with Gasteiger partial charge in [0, 0.05) is 41.5 Å². The van der Waals surface area contributed by atoms with Crippen LogP contribution in [0.3, 0.4) is 0 Å². The van der Waals surface area contributed by atoms with E-state index in [2.05, 4.69) is 25.5 Å². The van der Waals surface area contributed by atoms with Gasteiger partial charge in [-0.2, -0.15) is 0 Å². The van der Waals surface area contributed by atoms with Gasteiger partial charge in [-0.3, -0.25) is 9.78 Å². The lowest BCUT2D eigenvalue weighted by Gasteiger charge is -2.04. The summed E-state index contributed by atoms with van der Waals surface area (Å²) in [6.45, 7) is 1.73. The molecule has 0 bridgehead atoms. The number of carbonyl (C=O) groups is 1. The van der Waals surface area contributed by atoms with Crippen molar-refractivity contribution in [2.24, 2.45) is 0 Å². The van der Waals surface area contributed by atoms with Gasteiger partial charge in [0.15, 0.2) is 0 Å². The van der Waals surface area contributed by atoms with E-state index < -0.39 is 0 Å². The van der Waals surface area contributed by atoms with Gasteiger partial charge in [-0.05, 0) is 30.3 Å². The fraction of sp³-hybridized carbons (Fsp3) is 0.0556. The number of rotatable bonds is 4. The Balaban J connectivity index is 1.53. The summed E-state index contributed by atoms with van der Waals surface area (Å²) in [7, 11) is 0. The second-order valence-corrected chi connectivity index (χ2v) is 6.29. The molecular weight excluding hydrogens is 350 g/mol. The van der Waals surface area contributed by atoms with Crippen LogP contribution in [0.2, 0.25) is 0 Å². The maximum absolute atomic E-state index is 12.5. The Morgan fingerprint density at radius 2 is 1.96 bits per heavy atom. The lowest BCUT2D eigenvalue weighted by atomic mass is 10.2. The fourth-order valence-corrected chi connectivity index (χ4v) is 3.15. The molecule has 3 aromatic heterocycles. The Labute approximate surface area is 152 Å². The first-order valence-electron chi connectivity index (χ1n) is 7.77. The molecule has 0 fully saturated rings. The molecule has 4 aromatic rings. The summed E-state index contributed by atoms with van der Waals surface area (Å²) in [5, 5.41) is 13.1. The summed E-state index contributed by atoms with van der Waals surface area (Å²) in [6.07, 6.45) is 3.39. The Morgan fingerprint density at radius 1 is 1.12 bits per heavy atom. The minimum absolute atomic E-state index is 0.277. The number of hydrogen-bond acceptors (Lipinski definition) is 7. The van der Waals surface area contributed by atoms with E-state index in [1.165, 1.54) is 11.3 Å². The van der Waals surface area contributed by atoms with Crippen LogP contribution in [0.15, 0.2) is 58.6 Å². The van der Waals surface area contributed by atoms with Crippen LogP contribution in [-0.4, -0.2) is 26.1 Å². The molecule has 128 valence electrons. The molecule has 0 saturated carbocycles. The Kier molecular flexibility index (Phi) is 4.24. The minimum Gasteiger partial charge on any atom is -0.421 e. The molecular formula is C18H13N5O2S. The van der Waals surface area contributed by atoms with E-state index in [0.717, 1.165) is 16.1 Å². The highest BCUT2D eigenvalue weighted by Crippen LogP contribution is 2.24. The van der Waals surface area contributed by atoms with Gasteiger partial charge in [0.1, 0.15) is 10.7 Å². The predicted molar refractivity (Wildman–Crippen MR) is 97.8 cm³/mol. The molecule has 0 aliphatic heterocycles. The van der Waals surface area contributed by atoms with Gasteiger partial charge in [0.2, 0.25) is 11.8 Å². The van der Waals surface area contributed by atoms with Crippen molar-refractivity contribution in [3.05, 3.63) is 65.8 Å². The molecule has 4 rings (SSSR count). The topological polar surface area (TPSA) is 93.8 Å². The van der Waals surface area contributed by atoms with Gasteiger partial charge in [0.05, 0.1) is 0 Å². The van der Waals surface area contributed by atoms with Crippen LogP contribution in [0.5, 0.6) is 0 Å². The van der Waals surface area contributed by atoms with Crippen molar-refractivity contribution < 1.29 is 9.21 Å². The summed E-state index contributed by atoms with van der Waals surface area (Å²) in [6, 6.07) is 10.9. The average Bonchev–Trinajstić information content (AvgIpc) is 3.32. The molecule has 0 radical (unpaired) electrons. The van der Waals surface area contributed by atoms with E-state index in [1.807, 2.05) is 24.3 Å². The maximum atomic E-state index is 12.5. The number of nitrogens with zero attached hydrogens (tertiary/aromatic N) is 4. The van der Waals surface area contributed by atoms with E-state index in [1.54, 1.807) is 36.8 Å². The molecule has 1 N–H and O–H groups in total. The third-order valence-electron chi connectivity index (χ3n) is 3.56. The molecule has 0 aliphatic rings. The van der Waals surface area contributed by atoms with E-state index in [4.69, 9.17) is 4.42 Å². The second-order valence-electron chi connectivity index (χ2n) is 5.43. The van der Waals surface area contributed by atoms with Crippen LogP contribution < -0.4 is 5.32 Å². The minimum atomic E-state index is -0.277. The van der Waals surface area contributed by atoms with Crippen molar-refractivity contribution in [2.45, 2.75) is 6.92 Å². The van der Waals surface area contributed by atoms with E-state index >= 15 is 0 Å². The smallest absolute Gasteiger partial charge is 0.275 e. The molecule has 1 amide bonds. The predicted octanol–water partition coefficient (Wildman–Crippen LogP) is 3.82. The number of aromatic nitrogens is 4. The van der Waals surface area contributed by atoms with Crippen molar-refractivity contribution in [3.8, 4) is 22.0 Å². The number of nitrogens with one attached hydrogen (secondary N) is 1. The SMILES string of the molecule is Cc1nnc(-c2cccc(NC(=O)c3csc(-c4ccncc4)n3)c2)o1. The molecule has 0 saturated heterocycles. The monoisotopic (exact) mass is 363 g/mol. The maximum Gasteiger partial charge on any atom is 0.275 e. The number of thiazole rings is 1. The number of carbonyl (C=O) groups excluding carboxylic acids is 1. The lowest BCUT2D eigenvalue weighted by Crippen LogP contribution is -2.12. The van der Waals surface area contributed by atoms with Gasteiger partial charge in [-0.15, -0.1) is 21.5 Å². The lowest BCUT2D eigenvalue weighted by molar-refractivity contribution is 0.102. The molecule has 8 heteroatoms. The average molecular weight is 363 g/mol. The van der Waals surface area contributed by atoms with Gasteiger partial charge in [-0.25, -0.2) is 4.98 Å². The van der Waals surface area contributed by atoms with E-state index in [0.29, 0.717) is 23.2 Å². The first-order chi connectivity index (χ1) is 12.7. The Bertz CT molecular complexity index is 1060. The number of pyridine rings is 1. The molecule has 7 nitrogen and oxygen atoms in total. The highest BCUT2D eigenvalue weighted by atomic mass is 32.1. The van der Waals surface area contributed by atoms with Crippen molar-refractivity contribution >= 4 is 22.9 Å². The molecule has 0 atom stereocenters. The summed E-state index contributed by atoms with van der Waals surface area (Å²) in [5.74, 6) is 0.619. The van der Waals surface area contributed by atoms with Crippen LogP contribution in [0.1, 0.15) is 16.4 Å². The van der Waals surface area contributed by atoms with Crippen molar-refractivity contribution in [3.63, 3.8) is 0 Å². The van der Waals surface area contributed by atoms with Crippen LogP contribution in [0.25, 0.3) is 22.0 Å². The van der Waals surface area contributed by atoms with Gasteiger partial charge < -0.3 is 9.73 Å². The second kappa shape index (κ2) is 6.85. The van der Waals surface area contributed by atoms with Crippen LogP contribution >= 0.6 is 11.3 Å². The van der Waals surface area contributed by atoms with Crippen molar-refractivity contribution in [2.75, 3.05) is 5.32 Å². The van der Waals surface area contributed by atoms with Gasteiger partial charge >= 0.3 is 0 Å². The zero-order valence-electron chi connectivity index (χ0n) is 13.7. The quantitative estimate of drug-likeness (QED) is 0.592. The van der Waals surface area contributed by atoms with Crippen LogP contribution in [-0.2, 0) is 0 Å². The zero-order valence-corrected chi connectivity index (χ0v) is 14.5. The molecule has 26 heavy (non-hydrogen) atoms. The standard InChI is InChI=1S/C18H13N5O2S/c1-11-22-23-17(25-11)13-3-2-4-14(9-13)20-16(24)15-10-26-18(21-15)12-5-7-19-8-6-12/h2-10H,1H3,(H,20,24). The van der Waals surface area contributed by atoms with Gasteiger partial charge in [-0.1, -0.05) is 6.07 Å². The van der Waals surface area contributed by atoms with Gasteiger partial charge in [0.25, 0.3) is 5.91 Å². The van der Waals surface area contributed by atoms with E-state index in [-0.39, 0.29) is 5.91 Å². The third-order valence-corrected chi connectivity index (χ3v) is 4.45. The van der Waals surface area contributed by atoms with E-state index in [9.17, 15) is 4.79 Å². The van der Waals surface area contributed by atoms with Crippen molar-refractivity contribution in [1.82, 2.24) is 20.2 Å². The highest BCUT2D eigenvalue weighted by molar-refractivity contribution is 7.13. The van der Waals surface area contributed by atoms with Crippen LogP contribution in [0, 0.1) is 6.92 Å². The highest BCUT2D eigenvalue weighted by Gasteiger charge is 2.13. The summed E-state index contributed by atoms with van der Waals surface area (Å²) in [4.78, 5) is 20.9. The summed E-state index contributed by atoms with van der Waals surface area (Å²) >= 11 is 1.41. The third kappa shape index (κ3) is 3.35. The first kappa shape index (κ1) is 16.1. The van der Waals surface area contributed by atoms with Crippen LogP contribution in [0.4, 0.5) is 5.69 Å². The van der Waals surface area contributed by atoms with Crippen molar-refractivity contribution in [1.29, 1.82) is 0 Å². The Hall–Kier alpha value is -3.39. The molecule has 0 unspecified atom stereocenters. The molecule has 3 heterocycles. The molecule has 1 aromatic carbocycles.